The van der Waals surface area contributed by atoms with E-state index in [4.69, 9.17) is 0 Å². The number of aromatic nitrogens is 1. The molecule has 0 bridgehead atoms. The molecule has 5 aromatic rings. The number of aliphatic hydroxyl groups excluding tert-OH is 1. The van der Waals surface area contributed by atoms with Crippen LogP contribution in [-0.4, -0.2) is 29.0 Å². The zero-order valence-electron chi connectivity index (χ0n) is 25.0. The number of hydrogen-bond donors (Lipinski definition) is 1. The van der Waals surface area contributed by atoms with Crippen molar-refractivity contribution in [2.45, 2.75) is 52.4 Å². The number of nitrogens with zero attached hydrogens (tertiary/aromatic N) is 2. The minimum absolute atomic E-state index is 0.0419. The molecule has 208 valence electrons. The number of benzene rings is 4. The van der Waals surface area contributed by atoms with Crippen molar-refractivity contribution >= 4 is 39.0 Å². The summed E-state index contributed by atoms with van der Waals surface area (Å²) < 4.78 is 2.29. The average molecular weight is 543 g/mol. The van der Waals surface area contributed by atoms with Gasteiger partial charge in [-0.05, 0) is 82.6 Å². The van der Waals surface area contributed by atoms with Crippen LogP contribution in [0, 0.1) is 0 Å². The minimum atomic E-state index is -0.151. The van der Waals surface area contributed by atoms with E-state index in [1.54, 1.807) is 0 Å². The maximum Gasteiger partial charge on any atom is 0.194 e. The molecular formula is C37H38N2O2. The first-order chi connectivity index (χ1) is 19.3. The second-order valence-corrected chi connectivity index (χ2v) is 13.4. The summed E-state index contributed by atoms with van der Waals surface area (Å²) in [6.45, 7) is 13.9. The van der Waals surface area contributed by atoms with Crippen LogP contribution in [-0.2, 0) is 10.8 Å². The highest BCUT2D eigenvalue weighted by Crippen LogP contribution is 2.38. The Hall–Kier alpha value is -4.31. The number of anilines is 1. The van der Waals surface area contributed by atoms with Crippen molar-refractivity contribution in [3.05, 3.63) is 113 Å². The van der Waals surface area contributed by atoms with Gasteiger partial charge in [-0.15, -0.1) is 0 Å². The first kappa shape index (κ1) is 26.9. The van der Waals surface area contributed by atoms with Gasteiger partial charge >= 0.3 is 0 Å². The average Bonchev–Trinajstić information content (AvgIpc) is 3.27. The summed E-state index contributed by atoms with van der Waals surface area (Å²) in [5.41, 5.74) is 8.57. The molecule has 1 aromatic heterocycles. The molecule has 0 aliphatic carbocycles. The van der Waals surface area contributed by atoms with Gasteiger partial charge in [-0.1, -0.05) is 65.8 Å². The molecule has 4 heteroatoms. The number of carbonyl (C=O) groups is 1. The van der Waals surface area contributed by atoms with Crippen LogP contribution < -0.4 is 4.90 Å². The van der Waals surface area contributed by atoms with E-state index in [2.05, 4.69) is 82.5 Å². The Bertz CT molecular complexity index is 1790. The van der Waals surface area contributed by atoms with Gasteiger partial charge in [0.05, 0.1) is 23.2 Å². The molecule has 41 heavy (non-hydrogen) atoms. The van der Waals surface area contributed by atoms with Gasteiger partial charge in [-0.3, -0.25) is 4.79 Å². The standard InChI is InChI=1S/C37H38N2O2/c1-36(2,3)24-14-18-32-28(20-24)29-21-25(37(4,5)6)15-19-33(29)39(32)26-16-12-23(13-17-26)34(40)30-22-38(7)31-11-9-8-10-27(31)35(30)41/h8-21,41H,22H2,1-7H3. The van der Waals surface area contributed by atoms with E-state index in [1.807, 2.05) is 60.5 Å². The van der Waals surface area contributed by atoms with Crippen LogP contribution in [0.4, 0.5) is 5.69 Å². The summed E-state index contributed by atoms with van der Waals surface area (Å²) in [7, 11) is 1.94. The monoisotopic (exact) mass is 542 g/mol. The first-order valence-corrected chi connectivity index (χ1v) is 14.3. The highest BCUT2D eigenvalue weighted by molar-refractivity contribution is 6.14. The fourth-order valence-electron chi connectivity index (χ4n) is 5.92. The lowest BCUT2D eigenvalue weighted by Gasteiger charge is -2.28. The third-order valence-electron chi connectivity index (χ3n) is 8.41. The lowest BCUT2D eigenvalue weighted by atomic mass is 9.85. The molecule has 0 unspecified atom stereocenters. The Morgan fingerprint density at radius 3 is 1.80 bits per heavy atom. The smallest absolute Gasteiger partial charge is 0.194 e. The van der Waals surface area contributed by atoms with Crippen molar-refractivity contribution in [3.8, 4) is 5.69 Å². The van der Waals surface area contributed by atoms with Crippen LogP contribution in [0.2, 0.25) is 0 Å². The van der Waals surface area contributed by atoms with E-state index < -0.39 is 0 Å². The van der Waals surface area contributed by atoms with Crippen LogP contribution in [0.15, 0.2) is 90.5 Å². The molecule has 1 aliphatic rings. The number of para-hydroxylation sites is 1. The lowest BCUT2D eigenvalue weighted by Crippen LogP contribution is -2.29. The maximum atomic E-state index is 13.6. The Kier molecular flexibility index (Phi) is 6.15. The third-order valence-corrected chi connectivity index (χ3v) is 8.41. The number of aliphatic hydroxyl groups is 1. The number of Topliss-reactive ketones (excluding diaryl/α,β-unsaturated/α-hetero) is 1. The summed E-state index contributed by atoms with van der Waals surface area (Å²) in [4.78, 5) is 15.6. The number of hydrogen-bond acceptors (Lipinski definition) is 3. The van der Waals surface area contributed by atoms with Crippen molar-refractivity contribution in [2.24, 2.45) is 0 Å². The Balaban J connectivity index is 1.46. The van der Waals surface area contributed by atoms with Crippen LogP contribution in [0.3, 0.4) is 0 Å². The first-order valence-electron chi connectivity index (χ1n) is 14.3. The van der Waals surface area contributed by atoms with Crippen molar-refractivity contribution in [1.29, 1.82) is 0 Å². The van der Waals surface area contributed by atoms with Crippen LogP contribution in [0.5, 0.6) is 0 Å². The number of fused-ring (bicyclic) bond motifs is 4. The van der Waals surface area contributed by atoms with Gasteiger partial charge in [0, 0.05) is 40.3 Å². The van der Waals surface area contributed by atoms with Crippen LogP contribution in [0.1, 0.15) is 68.6 Å². The molecular weight excluding hydrogens is 504 g/mol. The predicted molar refractivity (Wildman–Crippen MR) is 172 cm³/mol. The molecule has 1 N–H and O–H groups in total. The zero-order valence-corrected chi connectivity index (χ0v) is 25.0. The second-order valence-electron chi connectivity index (χ2n) is 13.4. The highest BCUT2D eigenvalue weighted by Gasteiger charge is 2.27. The van der Waals surface area contributed by atoms with Gasteiger partial charge in [-0.2, -0.15) is 0 Å². The molecule has 6 rings (SSSR count). The van der Waals surface area contributed by atoms with Gasteiger partial charge < -0.3 is 14.6 Å². The zero-order chi connectivity index (χ0) is 29.3. The third kappa shape index (κ3) is 4.52. The van der Waals surface area contributed by atoms with E-state index in [9.17, 15) is 9.90 Å². The van der Waals surface area contributed by atoms with Gasteiger partial charge in [0.1, 0.15) is 5.76 Å². The fourth-order valence-corrected chi connectivity index (χ4v) is 5.92. The van der Waals surface area contributed by atoms with Gasteiger partial charge in [0.25, 0.3) is 0 Å². The Morgan fingerprint density at radius 1 is 0.732 bits per heavy atom. The SMILES string of the molecule is CN1CC(C(=O)c2ccc(-n3c4ccc(C(C)(C)C)cc4c4cc(C(C)(C)C)ccc43)cc2)=C(O)c2ccccc21. The second kappa shape index (κ2) is 9.37. The summed E-state index contributed by atoms with van der Waals surface area (Å²) >= 11 is 0. The predicted octanol–water partition coefficient (Wildman–Crippen LogP) is 8.98. The summed E-state index contributed by atoms with van der Waals surface area (Å²) in [5.74, 6) is -0.0817. The number of likely N-dealkylation sites (N-methyl/N-ethyl adjacent to an activating group) is 1. The van der Waals surface area contributed by atoms with Gasteiger partial charge in [0.2, 0.25) is 0 Å². The molecule has 4 aromatic carbocycles. The highest BCUT2D eigenvalue weighted by atomic mass is 16.3. The molecule has 1 aliphatic heterocycles. The van der Waals surface area contributed by atoms with E-state index >= 15 is 0 Å². The van der Waals surface area contributed by atoms with Crippen molar-refractivity contribution < 1.29 is 9.90 Å². The number of ketones is 1. The lowest BCUT2D eigenvalue weighted by molar-refractivity contribution is 0.103. The van der Waals surface area contributed by atoms with E-state index in [-0.39, 0.29) is 22.4 Å². The normalized spacial score (nSPS) is 14.2. The van der Waals surface area contributed by atoms with Crippen LogP contribution >= 0.6 is 0 Å². The van der Waals surface area contributed by atoms with Gasteiger partial charge in [0.15, 0.2) is 5.78 Å². The fraction of sp³-hybridized carbons (Fsp3) is 0.270. The molecule has 4 nitrogen and oxygen atoms in total. The van der Waals surface area contributed by atoms with Gasteiger partial charge in [-0.25, -0.2) is 0 Å². The number of carbonyl (C=O) groups excluding carboxylic acids is 1. The Labute approximate surface area is 242 Å². The maximum absolute atomic E-state index is 13.6. The largest absolute Gasteiger partial charge is 0.507 e. The summed E-state index contributed by atoms with van der Waals surface area (Å²) in [6.07, 6.45) is 0. The van der Waals surface area contributed by atoms with Crippen molar-refractivity contribution in [1.82, 2.24) is 4.57 Å². The summed E-state index contributed by atoms with van der Waals surface area (Å²) in [5, 5.41) is 13.5. The quantitative estimate of drug-likeness (QED) is 0.231. The van der Waals surface area contributed by atoms with E-state index in [0.717, 1.165) is 22.4 Å². The van der Waals surface area contributed by atoms with Crippen LogP contribution in [0.25, 0.3) is 33.3 Å². The molecule has 0 atom stereocenters. The van der Waals surface area contributed by atoms with E-state index in [0.29, 0.717) is 23.2 Å². The van der Waals surface area contributed by atoms with E-state index in [1.165, 1.54) is 21.9 Å². The van der Waals surface area contributed by atoms with Crippen molar-refractivity contribution in [2.75, 3.05) is 18.5 Å². The summed E-state index contributed by atoms with van der Waals surface area (Å²) in [6, 6.07) is 29.0. The Morgan fingerprint density at radius 2 is 1.27 bits per heavy atom. The molecule has 0 saturated carbocycles. The molecule has 0 saturated heterocycles. The minimum Gasteiger partial charge on any atom is -0.507 e. The number of rotatable bonds is 3. The topological polar surface area (TPSA) is 45.5 Å². The van der Waals surface area contributed by atoms with Crippen molar-refractivity contribution in [3.63, 3.8) is 0 Å². The molecule has 2 heterocycles. The molecule has 0 radical (unpaired) electrons. The molecule has 0 amide bonds. The molecule has 0 spiro atoms. The molecule has 0 fully saturated rings.